The van der Waals surface area contributed by atoms with Crippen molar-refractivity contribution < 1.29 is 4.79 Å². The first-order chi connectivity index (χ1) is 9.72. The standard InChI is InChI=1S/C15H23N3OS.2ClH/c16-11-6-5-10(9-11)15(19)17-8-7-14-18-12-3-1-2-4-13(12)20-14;;/h10-11H,1-9,16H2,(H,17,19);2*1H/t10-,11+;;/m0../s1. The lowest BCUT2D eigenvalue weighted by atomic mass is 10.0. The third-order valence-corrected chi connectivity index (χ3v) is 5.59. The molecule has 3 N–H and O–H groups in total. The number of aromatic nitrogens is 1. The van der Waals surface area contributed by atoms with Crippen molar-refractivity contribution in [3.63, 3.8) is 0 Å². The van der Waals surface area contributed by atoms with Crippen LogP contribution in [0, 0.1) is 5.92 Å². The number of halogens is 2. The minimum atomic E-state index is 0. The van der Waals surface area contributed by atoms with Gasteiger partial charge in [0.05, 0.1) is 10.7 Å². The van der Waals surface area contributed by atoms with Crippen molar-refractivity contribution in [2.24, 2.45) is 11.7 Å². The Bertz CT molecular complexity index is 472. The van der Waals surface area contributed by atoms with E-state index in [2.05, 4.69) is 5.32 Å². The average Bonchev–Trinajstić information content (AvgIpc) is 3.04. The lowest BCUT2D eigenvalue weighted by molar-refractivity contribution is -0.124. The predicted molar refractivity (Wildman–Crippen MR) is 95.3 cm³/mol. The van der Waals surface area contributed by atoms with Crippen LogP contribution in [0.25, 0.3) is 0 Å². The molecule has 2 atom stereocenters. The van der Waals surface area contributed by atoms with E-state index < -0.39 is 0 Å². The predicted octanol–water partition coefficient (Wildman–Crippen LogP) is 2.65. The number of nitrogens with zero attached hydrogens (tertiary/aromatic N) is 1. The first-order valence-corrected chi connectivity index (χ1v) is 8.55. The van der Waals surface area contributed by atoms with Gasteiger partial charge in [0.2, 0.25) is 5.91 Å². The molecular formula is C15H25Cl2N3OS. The van der Waals surface area contributed by atoms with Crippen molar-refractivity contribution in [3.8, 4) is 0 Å². The summed E-state index contributed by atoms with van der Waals surface area (Å²) in [5.74, 6) is 0.314. The van der Waals surface area contributed by atoms with Gasteiger partial charge in [0.15, 0.2) is 0 Å². The van der Waals surface area contributed by atoms with Gasteiger partial charge in [0.25, 0.3) is 0 Å². The van der Waals surface area contributed by atoms with Crippen molar-refractivity contribution in [1.82, 2.24) is 10.3 Å². The van der Waals surface area contributed by atoms with Crippen molar-refractivity contribution >= 4 is 42.1 Å². The molecule has 2 aliphatic carbocycles. The molecule has 1 fully saturated rings. The second-order valence-electron chi connectivity index (χ2n) is 6.00. The number of thiazole rings is 1. The number of carbonyl (C=O) groups is 1. The smallest absolute Gasteiger partial charge is 0.223 e. The molecule has 1 saturated carbocycles. The fraction of sp³-hybridized carbons (Fsp3) is 0.733. The number of hydrogen-bond acceptors (Lipinski definition) is 4. The summed E-state index contributed by atoms with van der Waals surface area (Å²) in [5.41, 5.74) is 7.16. The maximum Gasteiger partial charge on any atom is 0.223 e. The Labute approximate surface area is 148 Å². The molecule has 1 aromatic rings. The summed E-state index contributed by atoms with van der Waals surface area (Å²) in [7, 11) is 0. The highest BCUT2D eigenvalue weighted by atomic mass is 35.5. The number of fused-ring (bicyclic) bond motifs is 1. The zero-order valence-electron chi connectivity index (χ0n) is 12.7. The highest BCUT2D eigenvalue weighted by Gasteiger charge is 2.27. The molecule has 0 bridgehead atoms. The number of carbonyl (C=O) groups excluding carboxylic acids is 1. The van der Waals surface area contributed by atoms with Gasteiger partial charge >= 0.3 is 0 Å². The normalized spacial score (nSPS) is 23.1. The molecule has 22 heavy (non-hydrogen) atoms. The van der Waals surface area contributed by atoms with E-state index in [0.717, 1.165) is 32.1 Å². The van der Waals surface area contributed by atoms with E-state index in [1.54, 1.807) is 0 Å². The number of nitrogens with two attached hydrogens (primary N) is 1. The SMILES string of the molecule is Cl.Cl.N[C@@H]1CC[C@H](C(=O)NCCc2nc3c(s2)CCCC3)C1. The second-order valence-corrected chi connectivity index (χ2v) is 7.16. The summed E-state index contributed by atoms with van der Waals surface area (Å²) >= 11 is 1.84. The van der Waals surface area contributed by atoms with Crippen LogP contribution in [-0.2, 0) is 24.1 Å². The van der Waals surface area contributed by atoms with Crippen molar-refractivity contribution in [2.75, 3.05) is 6.54 Å². The molecule has 0 spiro atoms. The fourth-order valence-corrected chi connectivity index (χ4v) is 4.36. The summed E-state index contributed by atoms with van der Waals surface area (Å²) in [6, 6.07) is 0.219. The van der Waals surface area contributed by atoms with Gasteiger partial charge in [0, 0.05) is 29.8 Å². The van der Waals surface area contributed by atoms with E-state index in [1.807, 2.05) is 11.3 Å². The third-order valence-electron chi connectivity index (χ3n) is 4.37. The molecule has 0 radical (unpaired) electrons. The van der Waals surface area contributed by atoms with Gasteiger partial charge in [-0.25, -0.2) is 4.98 Å². The van der Waals surface area contributed by atoms with Gasteiger partial charge in [-0.2, -0.15) is 0 Å². The molecule has 0 saturated heterocycles. The topological polar surface area (TPSA) is 68.0 Å². The van der Waals surface area contributed by atoms with Crippen molar-refractivity contribution in [3.05, 3.63) is 15.6 Å². The third kappa shape index (κ3) is 4.82. The van der Waals surface area contributed by atoms with Gasteiger partial charge in [-0.3, -0.25) is 4.79 Å². The zero-order valence-corrected chi connectivity index (χ0v) is 15.1. The Kier molecular flexibility index (Phi) is 8.11. The van der Waals surface area contributed by atoms with Crippen LogP contribution in [0.2, 0.25) is 0 Å². The zero-order chi connectivity index (χ0) is 13.9. The molecule has 0 unspecified atom stereocenters. The largest absolute Gasteiger partial charge is 0.355 e. The van der Waals surface area contributed by atoms with Crippen LogP contribution >= 0.6 is 36.2 Å². The lowest BCUT2D eigenvalue weighted by Crippen LogP contribution is -2.31. The van der Waals surface area contributed by atoms with Gasteiger partial charge in [0.1, 0.15) is 0 Å². The monoisotopic (exact) mass is 365 g/mol. The summed E-state index contributed by atoms with van der Waals surface area (Å²) in [6.45, 7) is 0.705. The van der Waals surface area contributed by atoms with Gasteiger partial charge in [-0.15, -0.1) is 36.2 Å². The number of hydrogen-bond donors (Lipinski definition) is 2. The quantitative estimate of drug-likeness (QED) is 0.861. The highest BCUT2D eigenvalue weighted by Crippen LogP contribution is 2.27. The van der Waals surface area contributed by atoms with E-state index in [0.29, 0.717) is 6.54 Å². The highest BCUT2D eigenvalue weighted by molar-refractivity contribution is 7.11. The lowest BCUT2D eigenvalue weighted by Gasteiger charge is -2.09. The van der Waals surface area contributed by atoms with E-state index in [1.165, 1.54) is 34.8 Å². The summed E-state index contributed by atoms with van der Waals surface area (Å²) in [5, 5.41) is 4.23. The Balaban J connectivity index is 0.00000121. The molecule has 3 rings (SSSR count). The summed E-state index contributed by atoms with van der Waals surface area (Å²) < 4.78 is 0. The van der Waals surface area contributed by atoms with E-state index in [-0.39, 0.29) is 42.7 Å². The molecule has 1 amide bonds. The van der Waals surface area contributed by atoms with Gasteiger partial charge < -0.3 is 11.1 Å². The molecule has 1 aromatic heterocycles. The molecule has 4 nitrogen and oxygen atoms in total. The molecule has 7 heteroatoms. The maximum atomic E-state index is 12.0. The first-order valence-electron chi connectivity index (χ1n) is 7.73. The Morgan fingerprint density at radius 3 is 2.73 bits per heavy atom. The summed E-state index contributed by atoms with van der Waals surface area (Å²) in [4.78, 5) is 18.2. The molecular weight excluding hydrogens is 341 g/mol. The fourth-order valence-electron chi connectivity index (χ4n) is 3.20. The van der Waals surface area contributed by atoms with E-state index in [9.17, 15) is 4.79 Å². The molecule has 1 heterocycles. The number of aryl methyl sites for hydroxylation is 2. The van der Waals surface area contributed by atoms with Crippen LogP contribution in [0.5, 0.6) is 0 Å². The van der Waals surface area contributed by atoms with Gasteiger partial charge in [-0.1, -0.05) is 0 Å². The van der Waals surface area contributed by atoms with E-state index in [4.69, 9.17) is 10.7 Å². The molecule has 2 aliphatic rings. The van der Waals surface area contributed by atoms with E-state index >= 15 is 0 Å². The molecule has 0 aromatic carbocycles. The average molecular weight is 366 g/mol. The first kappa shape index (κ1) is 19.7. The minimum absolute atomic E-state index is 0. The maximum absolute atomic E-state index is 12.0. The van der Waals surface area contributed by atoms with Crippen molar-refractivity contribution in [2.45, 2.75) is 57.4 Å². The van der Waals surface area contributed by atoms with Crippen LogP contribution in [-0.4, -0.2) is 23.5 Å². The number of amides is 1. The second kappa shape index (κ2) is 9.06. The minimum Gasteiger partial charge on any atom is -0.355 e. The number of rotatable bonds is 4. The Morgan fingerprint density at radius 1 is 1.27 bits per heavy atom. The molecule has 0 aliphatic heterocycles. The van der Waals surface area contributed by atoms with Crippen LogP contribution in [0.15, 0.2) is 0 Å². The number of nitrogens with one attached hydrogen (secondary N) is 1. The summed E-state index contributed by atoms with van der Waals surface area (Å²) in [6.07, 6.45) is 8.54. The van der Waals surface area contributed by atoms with Crippen LogP contribution in [0.3, 0.4) is 0 Å². The molecule has 126 valence electrons. The van der Waals surface area contributed by atoms with Gasteiger partial charge in [-0.05, 0) is 44.9 Å². The Morgan fingerprint density at radius 2 is 2.05 bits per heavy atom. The van der Waals surface area contributed by atoms with Crippen LogP contribution in [0.4, 0.5) is 0 Å². The Hall–Kier alpha value is -0.360. The van der Waals surface area contributed by atoms with Crippen LogP contribution in [0.1, 0.15) is 47.7 Å². The van der Waals surface area contributed by atoms with Crippen molar-refractivity contribution in [1.29, 1.82) is 0 Å². The van der Waals surface area contributed by atoms with Crippen LogP contribution < -0.4 is 11.1 Å².